The Kier molecular flexibility index (Phi) is 3.12. The highest BCUT2D eigenvalue weighted by atomic mass is 16.5. The van der Waals surface area contributed by atoms with Gasteiger partial charge in [-0.1, -0.05) is 13.8 Å². The second-order valence-corrected chi connectivity index (χ2v) is 3.99. The van der Waals surface area contributed by atoms with Crippen molar-refractivity contribution in [1.29, 1.82) is 0 Å². The zero-order chi connectivity index (χ0) is 9.14. The normalized spacial score (nSPS) is 36.1. The molecule has 3 atom stereocenters. The van der Waals surface area contributed by atoms with Crippen LogP contribution in [0, 0.1) is 17.8 Å². The molecule has 0 heterocycles. The summed E-state index contributed by atoms with van der Waals surface area (Å²) in [6.07, 6.45) is 3.19. The molecule has 0 aromatic rings. The van der Waals surface area contributed by atoms with Gasteiger partial charge < -0.3 is 4.74 Å². The topological polar surface area (TPSA) is 26.3 Å². The van der Waals surface area contributed by atoms with E-state index in [4.69, 9.17) is 4.74 Å². The number of methoxy groups -OCH3 is 1. The van der Waals surface area contributed by atoms with Crippen LogP contribution >= 0.6 is 0 Å². The molecule has 70 valence electrons. The van der Waals surface area contributed by atoms with Crippen LogP contribution in [-0.4, -0.2) is 13.1 Å². The molecule has 1 rings (SSSR count). The first-order valence-electron chi connectivity index (χ1n) is 4.73. The molecule has 0 amide bonds. The Morgan fingerprint density at radius 3 is 2.42 bits per heavy atom. The maximum Gasteiger partial charge on any atom is 0.308 e. The maximum atomic E-state index is 11.2. The molecule has 0 aromatic heterocycles. The minimum Gasteiger partial charge on any atom is -0.469 e. The first-order chi connectivity index (χ1) is 5.65. The minimum atomic E-state index is -0.0197. The van der Waals surface area contributed by atoms with Gasteiger partial charge in [-0.15, -0.1) is 0 Å². The average Bonchev–Trinajstić information content (AvgIpc) is 2.08. The van der Waals surface area contributed by atoms with Gasteiger partial charge in [-0.25, -0.2) is 0 Å². The van der Waals surface area contributed by atoms with Crippen LogP contribution in [0.2, 0.25) is 0 Å². The zero-order valence-corrected chi connectivity index (χ0v) is 8.17. The van der Waals surface area contributed by atoms with Crippen molar-refractivity contribution < 1.29 is 9.53 Å². The molecular weight excluding hydrogens is 152 g/mol. The maximum absolute atomic E-state index is 11.2. The largest absolute Gasteiger partial charge is 0.469 e. The number of carbonyl (C=O) groups is 1. The Bertz CT molecular complexity index is 165. The van der Waals surface area contributed by atoms with Gasteiger partial charge in [-0.2, -0.15) is 0 Å². The summed E-state index contributed by atoms with van der Waals surface area (Å²) in [5.74, 6) is 1.59. The van der Waals surface area contributed by atoms with Gasteiger partial charge in [0.2, 0.25) is 0 Å². The van der Waals surface area contributed by atoms with E-state index < -0.39 is 0 Å². The summed E-state index contributed by atoms with van der Waals surface area (Å²) in [6, 6.07) is 0. The molecule has 1 aliphatic carbocycles. The Morgan fingerprint density at radius 1 is 1.25 bits per heavy atom. The molecule has 2 nitrogen and oxygen atoms in total. The summed E-state index contributed by atoms with van der Waals surface area (Å²) in [6.45, 7) is 4.48. The minimum absolute atomic E-state index is 0.0197. The van der Waals surface area contributed by atoms with Gasteiger partial charge in [0.1, 0.15) is 0 Å². The average molecular weight is 170 g/mol. The van der Waals surface area contributed by atoms with Crippen LogP contribution in [0.5, 0.6) is 0 Å². The standard InChI is InChI=1S/C10H18O2/c1-7-4-5-9(6-8(7)2)10(11)12-3/h7-9H,4-6H2,1-3H3. The lowest BCUT2D eigenvalue weighted by molar-refractivity contribution is -0.147. The first kappa shape index (κ1) is 9.56. The Hall–Kier alpha value is -0.530. The number of rotatable bonds is 1. The molecule has 0 bridgehead atoms. The highest BCUT2D eigenvalue weighted by Crippen LogP contribution is 2.33. The smallest absolute Gasteiger partial charge is 0.308 e. The summed E-state index contributed by atoms with van der Waals surface area (Å²) >= 11 is 0. The second kappa shape index (κ2) is 3.92. The lowest BCUT2D eigenvalue weighted by Crippen LogP contribution is -2.27. The molecular formula is C10H18O2. The van der Waals surface area contributed by atoms with E-state index in [0.717, 1.165) is 18.8 Å². The van der Waals surface area contributed by atoms with Gasteiger partial charge in [-0.3, -0.25) is 4.79 Å². The molecule has 0 radical (unpaired) electrons. The van der Waals surface area contributed by atoms with Crippen molar-refractivity contribution in [1.82, 2.24) is 0 Å². The van der Waals surface area contributed by atoms with Gasteiger partial charge in [0.25, 0.3) is 0 Å². The van der Waals surface area contributed by atoms with Crippen LogP contribution in [0.4, 0.5) is 0 Å². The summed E-state index contributed by atoms with van der Waals surface area (Å²) in [7, 11) is 1.48. The van der Waals surface area contributed by atoms with E-state index in [0.29, 0.717) is 5.92 Å². The van der Waals surface area contributed by atoms with E-state index in [9.17, 15) is 4.79 Å². The molecule has 0 N–H and O–H groups in total. The first-order valence-corrected chi connectivity index (χ1v) is 4.73. The molecule has 2 heteroatoms. The molecule has 1 fully saturated rings. The van der Waals surface area contributed by atoms with Crippen molar-refractivity contribution >= 4 is 5.97 Å². The lowest BCUT2D eigenvalue weighted by Gasteiger charge is -2.30. The van der Waals surface area contributed by atoms with E-state index in [1.165, 1.54) is 13.5 Å². The Labute approximate surface area is 74.3 Å². The third-order valence-electron chi connectivity index (χ3n) is 3.13. The van der Waals surface area contributed by atoms with Crippen molar-refractivity contribution in [2.45, 2.75) is 33.1 Å². The van der Waals surface area contributed by atoms with Gasteiger partial charge in [0, 0.05) is 0 Å². The number of esters is 1. The monoisotopic (exact) mass is 170 g/mol. The fourth-order valence-corrected chi connectivity index (χ4v) is 1.93. The second-order valence-electron chi connectivity index (χ2n) is 3.99. The summed E-state index contributed by atoms with van der Waals surface area (Å²) in [5, 5.41) is 0. The zero-order valence-electron chi connectivity index (χ0n) is 8.17. The number of ether oxygens (including phenoxy) is 1. The van der Waals surface area contributed by atoms with Gasteiger partial charge in [0.15, 0.2) is 0 Å². The summed E-state index contributed by atoms with van der Waals surface area (Å²) in [4.78, 5) is 11.2. The number of hydrogen-bond donors (Lipinski definition) is 0. The predicted molar refractivity (Wildman–Crippen MR) is 47.7 cm³/mol. The summed E-state index contributed by atoms with van der Waals surface area (Å²) in [5.41, 5.74) is 0. The lowest BCUT2D eigenvalue weighted by atomic mass is 9.76. The highest BCUT2D eigenvalue weighted by Gasteiger charge is 2.29. The Morgan fingerprint density at radius 2 is 1.92 bits per heavy atom. The van der Waals surface area contributed by atoms with Gasteiger partial charge >= 0.3 is 5.97 Å². The number of carbonyl (C=O) groups excluding carboxylic acids is 1. The molecule has 0 aromatic carbocycles. The van der Waals surface area contributed by atoms with E-state index in [1.807, 2.05) is 0 Å². The van der Waals surface area contributed by atoms with Crippen molar-refractivity contribution in [2.75, 3.05) is 7.11 Å². The van der Waals surface area contributed by atoms with Crippen molar-refractivity contribution in [3.8, 4) is 0 Å². The molecule has 0 spiro atoms. The van der Waals surface area contributed by atoms with Crippen LogP contribution in [0.15, 0.2) is 0 Å². The van der Waals surface area contributed by atoms with Crippen molar-refractivity contribution in [3.05, 3.63) is 0 Å². The van der Waals surface area contributed by atoms with Crippen LogP contribution in [-0.2, 0) is 9.53 Å². The van der Waals surface area contributed by atoms with E-state index in [-0.39, 0.29) is 11.9 Å². The van der Waals surface area contributed by atoms with Crippen LogP contribution in [0.25, 0.3) is 0 Å². The third-order valence-corrected chi connectivity index (χ3v) is 3.13. The van der Waals surface area contributed by atoms with Crippen LogP contribution < -0.4 is 0 Å². The van der Waals surface area contributed by atoms with Crippen LogP contribution in [0.1, 0.15) is 33.1 Å². The molecule has 0 aliphatic heterocycles. The van der Waals surface area contributed by atoms with Crippen LogP contribution in [0.3, 0.4) is 0 Å². The quantitative estimate of drug-likeness (QED) is 0.564. The molecule has 3 unspecified atom stereocenters. The fourth-order valence-electron chi connectivity index (χ4n) is 1.93. The van der Waals surface area contributed by atoms with Crippen molar-refractivity contribution in [3.63, 3.8) is 0 Å². The van der Waals surface area contributed by atoms with E-state index in [1.54, 1.807) is 0 Å². The van der Waals surface area contributed by atoms with E-state index in [2.05, 4.69) is 13.8 Å². The fraction of sp³-hybridized carbons (Fsp3) is 0.900. The van der Waals surface area contributed by atoms with Gasteiger partial charge in [0.05, 0.1) is 13.0 Å². The molecule has 12 heavy (non-hydrogen) atoms. The van der Waals surface area contributed by atoms with Crippen molar-refractivity contribution in [2.24, 2.45) is 17.8 Å². The molecule has 1 saturated carbocycles. The third kappa shape index (κ3) is 1.99. The Balaban J connectivity index is 2.45. The molecule has 0 saturated heterocycles. The SMILES string of the molecule is COC(=O)C1CCC(C)C(C)C1. The predicted octanol–water partition coefficient (Wildman–Crippen LogP) is 2.23. The highest BCUT2D eigenvalue weighted by molar-refractivity contribution is 5.72. The summed E-state index contributed by atoms with van der Waals surface area (Å²) < 4.78 is 4.73. The number of hydrogen-bond acceptors (Lipinski definition) is 2. The van der Waals surface area contributed by atoms with E-state index >= 15 is 0 Å². The van der Waals surface area contributed by atoms with Gasteiger partial charge in [-0.05, 0) is 31.1 Å². The molecule has 1 aliphatic rings.